The standard InChI is InChI=1S/C14H17N3O3/c1-17-8-11(7-15-17)13-12(3-2-5-20-13)16-14(18)10-4-6-19-9-10/h4,6-9,12-13H,2-3,5H2,1H3,(H,16,18)/t12-,13+/m0/s1. The number of aryl methyl sites for hydroxylation is 1. The van der Waals surface area contributed by atoms with Gasteiger partial charge >= 0.3 is 0 Å². The van der Waals surface area contributed by atoms with Crippen molar-refractivity contribution in [1.82, 2.24) is 15.1 Å². The van der Waals surface area contributed by atoms with Crippen LogP contribution in [0.25, 0.3) is 0 Å². The maximum atomic E-state index is 12.1. The second-order valence-corrected chi connectivity index (χ2v) is 4.97. The summed E-state index contributed by atoms with van der Waals surface area (Å²) >= 11 is 0. The van der Waals surface area contributed by atoms with Gasteiger partial charge in [0, 0.05) is 25.4 Å². The number of amides is 1. The number of nitrogens with zero attached hydrogens (tertiary/aromatic N) is 2. The highest BCUT2D eigenvalue weighted by atomic mass is 16.5. The Morgan fingerprint density at radius 1 is 1.55 bits per heavy atom. The Morgan fingerprint density at radius 3 is 3.15 bits per heavy atom. The molecule has 1 N–H and O–H groups in total. The van der Waals surface area contributed by atoms with Crippen molar-refractivity contribution in [3.8, 4) is 0 Å². The minimum Gasteiger partial charge on any atom is -0.472 e. The van der Waals surface area contributed by atoms with Gasteiger partial charge in [0.05, 0.1) is 24.1 Å². The summed E-state index contributed by atoms with van der Waals surface area (Å²) in [5.41, 5.74) is 1.52. The summed E-state index contributed by atoms with van der Waals surface area (Å²) in [5, 5.41) is 7.18. The van der Waals surface area contributed by atoms with Crippen LogP contribution in [0, 0.1) is 0 Å². The molecular weight excluding hydrogens is 258 g/mol. The summed E-state index contributed by atoms with van der Waals surface area (Å²) in [5.74, 6) is -0.136. The Kier molecular flexibility index (Phi) is 3.56. The lowest BCUT2D eigenvalue weighted by Crippen LogP contribution is -2.42. The first-order valence-corrected chi connectivity index (χ1v) is 6.67. The smallest absolute Gasteiger partial charge is 0.254 e. The normalized spacial score (nSPS) is 22.6. The fourth-order valence-electron chi connectivity index (χ4n) is 2.49. The molecule has 3 heterocycles. The van der Waals surface area contributed by atoms with Gasteiger partial charge in [-0.25, -0.2) is 0 Å². The summed E-state index contributed by atoms with van der Waals surface area (Å²) in [6.07, 6.45) is 8.33. The molecule has 2 atom stereocenters. The van der Waals surface area contributed by atoms with Gasteiger partial charge in [0.1, 0.15) is 12.4 Å². The van der Waals surface area contributed by atoms with E-state index in [0.717, 1.165) is 18.4 Å². The second-order valence-electron chi connectivity index (χ2n) is 4.97. The third-order valence-corrected chi connectivity index (χ3v) is 3.48. The lowest BCUT2D eigenvalue weighted by atomic mass is 9.98. The number of ether oxygens (including phenoxy) is 1. The number of rotatable bonds is 3. The van der Waals surface area contributed by atoms with Crippen LogP contribution in [0.4, 0.5) is 0 Å². The minimum absolute atomic E-state index is 0.0460. The second kappa shape index (κ2) is 5.50. The van der Waals surface area contributed by atoms with Crippen molar-refractivity contribution < 1.29 is 13.9 Å². The summed E-state index contributed by atoms with van der Waals surface area (Å²) in [4.78, 5) is 12.1. The van der Waals surface area contributed by atoms with Gasteiger partial charge in [-0.1, -0.05) is 0 Å². The topological polar surface area (TPSA) is 69.3 Å². The molecule has 0 spiro atoms. The Hall–Kier alpha value is -2.08. The molecule has 1 aliphatic heterocycles. The molecule has 6 heteroatoms. The van der Waals surface area contributed by atoms with Gasteiger partial charge in [-0.2, -0.15) is 5.10 Å². The largest absolute Gasteiger partial charge is 0.472 e. The van der Waals surface area contributed by atoms with E-state index < -0.39 is 0 Å². The summed E-state index contributed by atoms with van der Waals surface area (Å²) in [6, 6.07) is 1.60. The summed E-state index contributed by atoms with van der Waals surface area (Å²) < 4.78 is 12.5. The van der Waals surface area contributed by atoms with Crippen molar-refractivity contribution >= 4 is 5.91 Å². The van der Waals surface area contributed by atoms with Gasteiger partial charge in [0.25, 0.3) is 5.91 Å². The van der Waals surface area contributed by atoms with E-state index in [-0.39, 0.29) is 18.1 Å². The molecule has 3 rings (SSSR count). The van der Waals surface area contributed by atoms with Crippen LogP contribution in [-0.2, 0) is 11.8 Å². The molecule has 0 bridgehead atoms. The molecule has 1 saturated heterocycles. The molecule has 1 amide bonds. The Labute approximate surface area is 116 Å². The maximum Gasteiger partial charge on any atom is 0.254 e. The monoisotopic (exact) mass is 275 g/mol. The van der Waals surface area contributed by atoms with E-state index in [1.807, 2.05) is 13.2 Å². The zero-order valence-corrected chi connectivity index (χ0v) is 11.3. The van der Waals surface area contributed by atoms with Crippen LogP contribution in [0.1, 0.15) is 34.9 Å². The van der Waals surface area contributed by atoms with E-state index in [2.05, 4.69) is 10.4 Å². The average Bonchev–Trinajstić information content (AvgIpc) is 3.10. The molecule has 0 aromatic carbocycles. The van der Waals surface area contributed by atoms with E-state index in [1.165, 1.54) is 12.5 Å². The number of hydrogen-bond acceptors (Lipinski definition) is 4. The molecule has 0 saturated carbocycles. The number of aromatic nitrogens is 2. The van der Waals surface area contributed by atoms with Crippen LogP contribution >= 0.6 is 0 Å². The first kappa shape index (κ1) is 12.9. The van der Waals surface area contributed by atoms with E-state index in [0.29, 0.717) is 12.2 Å². The molecule has 2 aromatic rings. The summed E-state index contributed by atoms with van der Waals surface area (Å²) in [6.45, 7) is 0.706. The number of furan rings is 1. The SMILES string of the molecule is Cn1cc([C@H]2OCCC[C@@H]2NC(=O)c2ccoc2)cn1. The number of carbonyl (C=O) groups is 1. The molecule has 0 radical (unpaired) electrons. The van der Waals surface area contributed by atoms with Gasteiger partial charge in [0.2, 0.25) is 0 Å². The van der Waals surface area contributed by atoms with Crippen LogP contribution in [-0.4, -0.2) is 28.3 Å². The summed E-state index contributed by atoms with van der Waals surface area (Å²) in [7, 11) is 1.87. The molecule has 0 aliphatic carbocycles. The predicted molar refractivity (Wildman–Crippen MR) is 71.1 cm³/mol. The third-order valence-electron chi connectivity index (χ3n) is 3.48. The lowest BCUT2D eigenvalue weighted by molar-refractivity contribution is -0.00950. The Bertz CT molecular complexity index is 576. The molecular formula is C14H17N3O3. The maximum absolute atomic E-state index is 12.1. The third kappa shape index (κ3) is 2.60. The fourth-order valence-corrected chi connectivity index (χ4v) is 2.49. The fraction of sp³-hybridized carbons (Fsp3) is 0.429. The highest BCUT2D eigenvalue weighted by Crippen LogP contribution is 2.28. The van der Waals surface area contributed by atoms with Crippen molar-refractivity contribution in [3.63, 3.8) is 0 Å². The lowest BCUT2D eigenvalue weighted by Gasteiger charge is -2.31. The van der Waals surface area contributed by atoms with Gasteiger partial charge in [-0.15, -0.1) is 0 Å². The highest BCUT2D eigenvalue weighted by molar-refractivity contribution is 5.94. The molecule has 6 nitrogen and oxygen atoms in total. The average molecular weight is 275 g/mol. The van der Waals surface area contributed by atoms with Crippen molar-refractivity contribution in [2.75, 3.05) is 6.61 Å². The molecule has 2 aromatic heterocycles. The van der Waals surface area contributed by atoms with Crippen molar-refractivity contribution in [2.24, 2.45) is 7.05 Å². The quantitative estimate of drug-likeness (QED) is 0.925. The van der Waals surface area contributed by atoms with Crippen LogP contribution in [0.15, 0.2) is 35.4 Å². The molecule has 1 fully saturated rings. The Balaban J connectivity index is 1.74. The minimum atomic E-state index is -0.145. The number of carbonyl (C=O) groups excluding carboxylic acids is 1. The number of hydrogen-bond donors (Lipinski definition) is 1. The van der Waals surface area contributed by atoms with Gasteiger partial charge < -0.3 is 14.5 Å². The van der Waals surface area contributed by atoms with E-state index in [1.54, 1.807) is 16.9 Å². The van der Waals surface area contributed by atoms with Crippen molar-refractivity contribution in [2.45, 2.75) is 25.0 Å². The van der Waals surface area contributed by atoms with Crippen LogP contribution in [0.2, 0.25) is 0 Å². The van der Waals surface area contributed by atoms with Crippen LogP contribution in [0.3, 0.4) is 0 Å². The molecule has 0 unspecified atom stereocenters. The van der Waals surface area contributed by atoms with Crippen LogP contribution in [0.5, 0.6) is 0 Å². The highest BCUT2D eigenvalue weighted by Gasteiger charge is 2.30. The van der Waals surface area contributed by atoms with E-state index in [9.17, 15) is 4.79 Å². The molecule has 1 aliphatic rings. The zero-order chi connectivity index (χ0) is 13.9. The van der Waals surface area contributed by atoms with Gasteiger partial charge in [-0.05, 0) is 18.9 Å². The molecule has 106 valence electrons. The molecule has 20 heavy (non-hydrogen) atoms. The zero-order valence-electron chi connectivity index (χ0n) is 11.3. The van der Waals surface area contributed by atoms with Crippen molar-refractivity contribution in [3.05, 3.63) is 42.1 Å². The van der Waals surface area contributed by atoms with Crippen LogP contribution < -0.4 is 5.32 Å². The predicted octanol–water partition coefficient (Wildman–Crippen LogP) is 1.66. The van der Waals surface area contributed by atoms with Crippen molar-refractivity contribution in [1.29, 1.82) is 0 Å². The van der Waals surface area contributed by atoms with Gasteiger partial charge in [0.15, 0.2) is 0 Å². The van der Waals surface area contributed by atoms with E-state index >= 15 is 0 Å². The van der Waals surface area contributed by atoms with E-state index in [4.69, 9.17) is 9.15 Å². The first-order chi connectivity index (χ1) is 9.74. The number of nitrogens with one attached hydrogen (secondary N) is 1. The van der Waals surface area contributed by atoms with Gasteiger partial charge in [-0.3, -0.25) is 9.48 Å². The first-order valence-electron chi connectivity index (χ1n) is 6.67. The Morgan fingerprint density at radius 2 is 2.45 bits per heavy atom.